The van der Waals surface area contributed by atoms with Crippen molar-refractivity contribution in [1.82, 2.24) is 4.57 Å². The number of rotatable bonds is 3. The molecule has 2 rings (SSSR count). The molecule has 0 saturated carbocycles. The van der Waals surface area contributed by atoms with Gasteiger partial charge < -0.3 is 4.74 Å². The number of para-hydroxylation sites is 1. The van der Waals surface area contributed by atoms with E-state index in [4.69, 9.17) is 4.74 Å². The minimum Gasteiger partial charge on any atom is -0.443 e. The Bertz CT molecular complexity index is 698. The van der Waals surface area contributed by atoms with Crippen molar-refractivity contribution in [2.75, 3.05) is 0 Å². The molecule has 0 radical (unpaired) electrons. The molecule has 0 amide bonds. The first-order valence-electron chi connectivity index (χ1n) is 7.73. The van der Waals surface area contributed by atoms with Crippen LogP contribution in [0.15, 0.2) is 42.1 Å². The fraction of sp³-hybridized carbons (Fsp3) is 0.421. The zero-order chi connectivity index (χ0) is 16.3. The van der Waals surface area contributed by atoms with Gasteiger partial charge in [0.1, 0.15) is 5.60 Å². The number of fused-ring (bicyclic) bond motifs is 1. The van der Waals surface area contributed by atoms with Gasteiger partial charge in [0.25, 0.3) is 0 Å². The van der Waals surface area contributed by atoms with Crippen molar-refractivity contribution in [3.05, 3.63) is 47.7 Å². The maximum absolute atomic E-state index is 12.4. The number of ether oxygens (including phenoxy) is 1. The van der Waals surface area contributed by atoms with Crippen molar-refractivity contribution in [2.24, 2.45) is 0 Å². The Morgan fingerprint density at radius 3 is 2.55 bits per heavy atom. The lowest BCUT2D eigenvalue weighted by atomic mass is 10.1. The lowest BCUT2D eigenvalue weighted by Crippen LogP contribution is -2.26. The van der Waals surface area contributed by atoms with Gasteiger partial charge in [-0.25, -0.2) is 4.79 Å². The van der Waals surface area contributed by atoms with E-state index in [-0.39, 0.29) is 6.09 Å². The quantitative estimate of drug-likeness (QED) is 0.718. The van der Waals surface area contributed by atoms with Gasteiger partial charge in [-0.1, -0.05) is 29.8 Å². The third-order valence-electron chi connectivity index (χ3n) is 3.35. The van der Waals surface area contributed by atoms with Gasteiger partial charge in [-0.05, 0) is 59.1 Å². The number of nitrogens with zero attached hydrogens (tertiary/aromatic N) is 1. The molecule has 0 atom stereocenters. The number of allylic oxidation sites excluding steroid dienone is 2. The molecule has 0 aliphatic rings. The second-order valence-corrected chi connectivity index (χ2v) is 6.84. The van der Waals surface area contributed by atoms with E-state index in [9.17, 15) is 4.79 Å². The highest BCUT2D eigenvalue weighted by Gasteiger charge is 2.20. The maximum atomic E-state index is 12.4. The van der Waals surface area contributed by atoms with Gasteiger partial charge in [-0.2, -0.15) is 0 Å². The lowest BCUT2D eigenvalue weighted by molar-refractivity contribution is 0.0544. The maximum Gasteiger partial charge on any atom is 0.419 e. The summed E-state index contributed by atoms with van der Waals surface area (Å²) in [7, 11) is 0. The van der Waals surface area contributed by atoms with Crippen LogP contribution in [-0.2, 0) is 11.2 Å². The van der Waals surface area contributed by atoms with Gasteiger partial charge in [0.05, 0.1) is 5.52 Å². The van der Waals surface area contributed by atoms with Crippen molar-refractivity contribution in [1.29, 1.82) is 0 Å². The normalized spacial score (nSPS) is 11.5. The minimum absolute atomic E-state index is 0.322. The molecule has 0 fully saturated rings. The zero-order valence-electron chi connectivity index (χ0n) is 14.1. The van der Waals surface area contributed by atoms with E-state index in [0.29, 0.717) is 0 Å². The third kappa shape index (κ3) is 4.00. The van der Waals surface area contributed by atoms with Crippen LogP contribution in [0.1, 0.15) is 46.6 Å². The van der Waals surface area contributed by atoms with E-state index < -0.39 is 5.60 Å². The van der Waals surface area contributed by atoms with Gasteiger partial charge in [0, 0.05) is 11.6 Å². The largest absolute Gasteiger partial charge is 0.443 e. The standard InChI is InChI=1S/C19H25NO2/c1-14(2)9-8-10-15-13-20(18(21)22-19(3,4)5)17-12-7-6-11-16(15)17/h6-7,9,11-13H,8,10H2,1-5H3. The lowest BCUT2D eigenvalue weighted by Gasteiger charge is -2.19. The Morgan fingerprint density at radius 1 is 1.23 bits per heavy atom. The summed E-state index contributed by atoms with van der Waals surface area (Å²) in [5.74, 6) is 0. The van der Waals surface area contributed by atoms with Gasteiger partial charge in [-0.15, -0.1) is 0 Å². The van der Waals surface area contributed by atoms with Crippen LogP contribution in [0.2, 0.25) is 0 Å². The fourth-order valence-corrected chi connectivity index (χ4v) is 2.43. The Labute approximate surface area is 132 Å². The van der Waals surface area contributed by atoms with Gasteiger partial charge in [0.15, 0.2) is 0 Å². The number of carbonyl (C=O) groups excluding carboxylic acids is 1. The van der Waals surface area contributed by atoms with E-state index in [2.05, 4.69) is 26.0 Å². The molecule has 0 unspecified atom stereocenters. The van der Waals surface area contributed by atoms with Crippen LogP contribution in [0.25, 0.3) is 10.9 Å². The molecule has 3 heteroatoms. The Hall–Kier alpha value is -2.03. The highest BCUT2D eigenvalue weighted by atomic mass is 16.6. The molecule has 0 N–H and O–H groups in total. The molecule has 1 aromatic heterocycles. The molecule has 1 heterocycles. The molecule has 1 aromatic carbocycles. The van der Waals surface area contributed by atoms with E-state index in [1.165, 1.54) is 11.1 Å². The van der Waals surface area contributed by atoms with Crippen LogP contribution in [0, 0.1) is 0 Å². The van der Waals surface area contributed by atoms with E-state index >= 15 is 0 Å². The van der Waals surface area contributed by atoms with Crippen molar-refractivity contribution >= 4 is 17.0 Å². The van der Waals surface area contributed by atoms with Gasteiger partial charge in [-0.3, -0.25) is 4.57 Å². The molecule has 0 spiro atoms. The van der Waals surface area contributed by atoms with Crippen molar-refractivity contribution in [3.8, 4) is 0 Å². The highest BCUT2D eigenvalue weighted by Crippen LogP contribution is 2.24. The molecular weight excluding hydrogens is 274 g/mol. The number of aryl methyl sites for hydroxylation is 1. The summed E-state index contributed by atoms with van der Waals surface area (Å²) >= 11 is 0. The van der Waals surface area contributed by atoms with Gasteiger partial charge >= 0.3 is 6.09 Å². The number of aromatic nitrogens is 1. The van der Waals surface area contributed by atoms with Crippen LogP contribution in [-0.4, -0.2) is 16.3 Å². The molecule has 2 aromatic rings. The molecule has 0 saturated heterocycles. The third-order valence-corrected chi connectivity index (χ3v) is 3.35. The summed E-state index contributed by atoms with van der Waals surface area (Å²) in [5, 5.41) is 1.12. The van der Waals surface area contributed by atoms with Crippen LogP contribution in [0.5, 0.6) is 0 Å². The van der Waals surface area contributed by atoms with Crippen LogP contribution < -0.4 is 0 Å². The average molecular weight is 299 g/mol. The Balaban J connectivity index is 2.35. The summed E-state index contributed by atoms with van der Waals surface area (Å²) in [6.07, 6.45) is 5.71. The Kier molecular flexibility index (Phi) is 4.74. The SMILES string of the molecule is CC(C)=CCCc1cn(C(=O)OC(C)(C)C)c2ccccc12. The summed E-state index contributed by atoms with van der Waals surface area (Å²) in [5.41, 5.74) is 2.91. The number of benzene rings is 1. The number of hydrogen-bond donors (Lipinski definition) is 0. The summed E-state index contributed by atoms with van der Waals surface area (Å²) in [6, 6.07) is 7.98. The van der Waals surface area contributed by atoms with Crippen molar-refractivity contribution in [2.45, 2.75) is 53.1 Å². The minimum atomic E-state index is -0.495. The molecule has 118 valence electrons. The summed E-state index contributed by atoms with van der Waals surface area (Å²) in [6.45, 7) is 9.85. The second kappa shape index (κ2) is 6.39. The van der Waals surface area contributed by atoms with Crippen molar-refractivity contribution < 1.29 is 9.53 Å². The first-order valence-corrected chi connectivity index (χ1v) is 7.73. The van der Waals surface area contributed by atoms with E-state index in [0.717, 1.165) is 23.7 Å². The van der Waals surface area contributed by atoms with E-state index in [1.807, 2.05) is 45.2 Å². The highest BCUT2D eigenvalue weighted by molar-refractivity contribution is 5.92. The van der Waals surface area contributed by atoms with Gasteiger partial charge in [0.2, 0.25) is 0 Å². The monoisotopic (exact) mass is 299 g/mol. The molecule has 3 nitrogen and oxygen atoms in total. The van der Waals surface area contributed by atoms with E-state index in [1.54, 1.807) is 4.57 Å². The molecule has 0 bridgehead atoms. The molecule has 0 aliphatic carbocycles. The second-order valence-electron chi connectivity index (χ2n) is 6.84. The Morgan fingerprint density at radius 2 is 1.91 bits per heavy atom. The summed E-state index contributed by atoms with van der Waals surface area (Å²) < 4.78 is 7.12. The number of carbonyl (C=O) groups is 1. The predicted octanol–water partition coefficient (Wildman–Crippen LogP) is 5.32. The predicted molar refractivity (Wildman–Crippen MR) is 91.3 cm³/mol. The molecular formula is C19H25NO2. The van der Waals surface area contributed by atoms with Crippen molar-refractivity contribution in [3.63, 3.8) is 0 Å². The molecule has 22 heavy (non-hydrogen) atoms. The fourth-order valence-electron chi connectivity index (χ4n) is 2.43. The smallest absolute Gasteiger partial charge is 0.419 e. The topological polar surface area (TPSA) is 31.2 Å². The van der Waals surface area contributed by atoms with Crippen LogP contribution in [0.4, 0.5) is 4.79 Å². The first-order chi connectivity index (χ1) is 10.3. The zero-order valence-corrected chi connectivity index (χ0v) is 14.1. The first kappa shape index (κ1) is 16.3. The van der Waals surface area contributed by atoms with Crippen LogP contribution in [0.3, 0.4) is 0 Å². The molecule has 0 aliphatic heterocycles. The number of hydrogen-bond acceptors (Lipinski definition) is 2. The summed E-state index contributed by atoms with van der Waals surface area (Å²) in [4.78, 5) is 12.4. The average Bonchev–Trinajstić information content (AvgIpc) is 2.76. The van der Waals surface area contributed by atoms with Crippen LogP contribution >= 0.6 is 0 Å².